The van der Waals surface area contributed by atoms with Crippen molar-refractivity contribution >= 4 is 11.6 Å². The van der Waals surface area contributed by atoms with Gasteiger partial charge in [-0.2, -0.15) is 0 Å². The van der Waals surface area contributed by atoms with E-state index in [4.69, 9.17) is 9.97 Å². The molecule has 4 unspecified atom stereocenters. The molecule has 0 N–H and O–H groups in total. The molecule has 6 aromatic rings. The molecule has 1 fully saturated rings. The highest BCUT2D eigenvalue weighted by Crippen LogP contribution is 2.71. The number of nitrogens with zero attached hydrogens (tertiary/aromatic N) is 2. The Hall–Kier alpha value is -6.12. The van der Waals surface area contributed by atoms with E-state index in [1.807, 2.05) is 0 Å². The average molecular weight is 693 g/mol. The van der Waals surface area contributed by atoms with Crippen LogP contribution in [-0.2, 0) is 11.8 Å². The van der Waals surface area contributed by atoms with Crippen LogP contribution in [-0.4, -0.2) is 9.97 Å². The smallest absolute Gasteiger partial charge is 0.160 e. The summed E-state index contributed by atoms with van der Waals surface area (Å²) in [5.74, 6) is 1.67. The third kappa shape index (κ3) is 4.53. The fraction of sp³-hybridized carbons (Fsp3) is 0.154. The molecule has 11 rings (SSSR count). The van der Waals surface area contributed by atoms with E-state index in [-0.39, 0.29) is 16.7 Å². The van der Waals surface area contributed by atoms with Crippen LogP contribution in [0, 0.1) is 23.2 Å². The molecule has 5 aromatic carbocycles. The zero-order chi connectivity index (χ0) is 35.9. The summed E-state index contributed by atoms with van der Waals surface area (Å²) in [5.41, 5.74) is 15.6. The first kappa shape index (κ1) is 31.4. The van der Waals surface area contributed by atoms with Gasteiger partial charge >= 0.3 is 0 Å². The highest BCUT2D eigenvalue weighted by Gasteiger charge is 2.67. The highest BCUT2D eigenvalue weighted by atomic mass is 14.9. The molecule has 2 heteroatoms. The summed E-state index contributed by atoms with van der Waals surface area (Å²) in [7, 11) is 0. The first-order valence-corrected chi connectivity index (χ1v) is 19.4. The van der Waals surface area contributed by atoms with Crippen LogP contribution < -0.4 is 0 Å². The molecule has 0 amide bonds. The second kappa shape index (κ2) is 11.9. The molecule has 5 aliphatic carbocycles. The van der Waals surface area contributed by atoms with Crippen molar-refractivity contribution in [3.05, 3.63) is 204 Å². The second-order valence-corrected chi connectivity index (χ2v) is 15.8. The summed E-state index contributed by atoms with van der Waals surface area (Å²) in [6.45, 7) is 2.49. The third-order valence-electron chi connectivity index (χ3n) is 13.1. The van der Waals surface area contributed by atoms with Gasteiger partial charge in [0.2, 0.25) is 0 Å². The first-order valence-electron chi connectivity index (χ1n) is 19.4. The lowest BCUT2D eigenvalue weighted by Crippen LogP contribution is -2.39. The molecular weight excluding hydrogens is 653 g/mol. The van der Waals surface area contributed by atoms with Crippen molar-refractivity contribution in [3.8, 4) is 44.9 Å². The van der Waals surface area contributed by atoms with E-state index in [9.17, 15) is 0 Å². The van der Waals surface area contributed by atoms with E-state index >= 15 is 0 Å². The summed E-state index contributed by atoms with van der Waals surface area (Å²) in [6, 6.07) is 46.7. The number of aromatic nitrogens is 2. The lowest BCUT2D eigenvalue weighted by Gasteiger charge is -2.41. The van der Waals surface area contributed by atoms with Crippen molar-refractivity contribution in [1.29, 1.82) is 0 Å². The Balaban J connectivity index is 1.10. The second-order valence-electron chi connectivity index (χ2n) is 15.8. The molecule has 2 nitrogen and oxygen atoms in total. The van der Waals surface area contributed by atoms with Gasteiger partial charge < -0.3 is 0 Å². The SMILES string of the molecule is CC12C=CC(c3cc(-c4ccc(-c5ccccc5)cc4)nc(-c4ccc5c(c4)CCC=C5)n3)=CC1C1(c3ccccc3-c3ccccc31)C1C=CC=CC12. The zero-order valence-corrected chi connectivity index (χ0v) is 30.4. The number of benzene rings is 5. The minimum atomic E-state index is -0.207. The number of hydrogen-bond acceptors (Lipinski definition) is 2. The number of fused-ring (bicyclic) bond motifs is 11. The van der Waals surface area contributed by atoms with E-state index in [0.29, 0.717) is 11.8 Å². The Morgan fingerprint density at radius 2 is 1.24 bits per heavy atom. The summed E-state index contributed by atoms with van der Waals surface area (Å²) in [5, 5.41) is 0. The molecule has 1 aromatic heterocycles. The van der Waals surface area contributed by atoms with E-state index in [0.717, 1.165) is 46.8 Å². The van der Waals surface area contributed by atoms with Crippen molar-refractivity contribution in [3.63, 3.8) is 0 Å². The van der Waals surface area contributed by atoms with Gasteiger partial charge in [-0.1, -0.05) is 177 Å². The van der Waals surface area contributed by atoms with E-state index < -0.39 is 0 Å². The lowest BCUT2D eigenvalue weighted by atomic mass is 9.60. The van der Waals surface area contributed by atoms with Crippen molar-refractivity contribution < 1.29 is 0 Å². The molecule has 258 valence electrons. The van der Waals surface area contributed by atoms with E-state index in [1.165, 1.54) is 44.5 Å². The van der Waals surface area contributed by atoms with Crippen LogP contribution in [0.2, 0.25) is 0 Å². The molecule has 4 atom stereocenters. The highest BCUT2D eigenvalue weighted by molar-refractivity contribution is 5.85. The molecule has 1 spiro atoms. The molecule has 0 aliphatic heterocycles. The molecule has 1 saturated carbocycles. The molecule has 0 radical (unpaired) electrons. The Morgan fingerprint density at radius 1 is 0.593 bits per heavy atom. The van der Waals surface area contributed by atoms with E-state index in [2.05, 4.69) is 189 Å². The summed E-state index contributed by atoms with van der Waals surface area (Å²) in [4.78, 5) is 10.7. The fourth-order valence-electron chi connectivity index (χ4n) is 10.6. The third-order valence-corrected chi connectivity index (χ3v) is 13.1. The van der Waals surface area contributed by atoms with Crippen LogP contribution in [0.3, 0.4) is 0 Å². The Kier molecular flexibility index (Phi) is 6.95. The number of hydrogen-bond donors (Lipinski definition) is 0. The standard InChI is InChI=1S/C52H40N2/c1-51-30-29-39(32-49(51)52(46-22-12-11-21-45(46)51)43-19-9-7-17-41(43)42-18-8-10-20-44(42)52)48-33-47(37-26-23-36(24-27-37)34-13-3-2-4-14-34)53-50(54-48)40-28-25-35-15-5-6-16-38(35)31-40/h2-5,7-15,17-33,45-46,49H,6,16H2,1H3. The lowest BCUT2D eigenvalue weighted by molar-refractivity contribution is 0.276. The van der Waals surface area contributed by atoms with Gasteiger partial charge in [0.05, 0.1) is 11.4 Å². The summed E-state index contributed by atoms with van der Waals surface area (Å²) < 4.78 is 0. The molecule has 0 bridgehead atoms. The molecule has 5 aliphatic rings. The van der Waals surface area contributed by atoms with Crippen molar-refractivity contribution in [2.75, 3.05) is 0 Å². The largest absolute Gasteiger partial charge is 0.228 e. The topological polar surface area (TPSA) is 25.8 Å². The van der Waals surface area contributed by atoms with Crippen LogP contribution in [0.15, 0.2) is 176 Å². The maximum Gasteiger partial charge on any atom is 0.160 e. The zero-order valence-electron chi connectivity index (χ0n) is 30.4. The van der Waals surface area contributed by atoms with Crippen LogP contribution in [0.4, 0.5) is 0 Å². The van der Waals surface area contributed by atoms with E-state index in [1.54, 1.807) is 0 Å². The first-order chi connectivity index (χ1) is 26.6. The normalized spacial score (nSPS) is 23.4. The van der Waals surface area contributed by atoms with Gasteiger partial charge in [-0.05, 0) is 86.9 Å². The minimum absolute atomic E-state index is 0.0854. The summed E-state index contributed by atoms with van der Waals surface area (Å²) in [6.07, 6.45) is 23.6. The maximum atomic E-state index is 5.42. The van der Waals surface area contributed by atoms with Crippen molar-refractivity contribution in [2.24, 2.45) is 23.2 Å². The Labute approximate surface area is 317 Å². The van der Waals surface area contributed by atoms with Gasteiger partial charge in [0, 0.05) is 27.9 Å². The van der Waals surface area contributed by atoms with Gasteiger partial charge in [0.15, 0.2) is 5.82 Å². The maximum absolute atomic E-state index is 5.42. The van der Waals surface area contributed by atoms with Crippen LogP contribution in [0.25, 0.3) is 56.5 Å². The minimum Gasteiger partial charge on any atom is -0.228 e. The van der Waals surface area contributed by atoms with Crippen molar-refractivity contribution in [2.45, 2.75) is 25.2 Å². The molecule has 1 heterocycles. The average Bonchev–Trinajstić information content (AvgIpc) is 3.67. The Bertz CT molecular complexity index is 2590. The van der Waals surface area contributed by atoms with Gasteiger partial charge in [0.1, 0.15) is 0 Å². The summed E-state index contributed by atoms with van der Waals surface area (Å²) >= 11 is 0. The molecule has 54 heavy (non-hydrogen) atoms. The van der Waals surface area contributed by atoms with Gasteiger partial charge in [-0.15, -0.1) is 0 Å². The molecular formula is C52H40N2. The number of aryl methyl sites for hydroxylation is 1. The monoisotopic (exact) mass is 692 g/mol. The van der Waals surface area contributed by atoms with Gasteiger partial charge in [-0.3, -0.25) is 0 Å². The predicted molar refractivity (Wildman–Crippen MR) is 222 cm³/mol. The quantitative estimate of drug-likeness (QED) is 0.184. The van der Waals surface area contributed by atoms with Crippen LogP contribution >= 0.6 is 0 Å². The molecule has 0 saturated heterocycles. The number of allylic oxidation sites excluding steroid dienone is 9. The number of rotatable bonds is 4. The van der Waals surface area contributed by atoms with Crippen LogP contribution in [0.5, 0.6) is 0 Å². The van der Waals surface area contributed by atoms with Gasteiger partial charge in [0.25, 0.3) is 0 Å². The Morgan fingerprint density at radius 3 is 2.02 bits per heavy atom. The van der Waals surface area contributed by atoms with Crippen molar-refractivity contribution in [1.82, 2.24) is 9.97 Å². The predicted octanol–water partition coefficient (Wildman–Crippen LogP) is 12.4. The van der Waals surface area contributed by atoms with Crippen LogP contribution in [0.1, 0.15) is 41.3 Å². The fourth-order valence-corrected chi connectivity index (χ4v) is 10.6. The van der Waals surface area contributed by atoms with Gasteiger partial charge in [-0.25, -0.2) is 9.97 Å².